The molecule has 0 aliphatic heterocycles. The highest BCUT2D eigenvalue weighted by Crippen LogP contribution is 2.30. The number of carboxylic acids is 1. The molecule has 0 saturated heterocycles. The van der Waals surface area contributed by atoms with Crippen molar-refractivity contribution in [1.29, 1.82) is 0 Å². The van der Waals surface area contributed by atoms with Gasteiger partial charge in [0.05, 0.1) is 11.8 Å². The number of benzene rings is 1. The topological polar surface area (TPSA) is 83.5 Å². The third kappa shape index (κ3) is 3.61. The molecule has 5 nitrogen and oxygen atoms in total. The molecular weight excluding hydrogens is 282 g/mol. The number of hydrogen-bond acceptors (Lipinski definition) is 3. The number of carbonyl (C=O) groups excluding carboxylic acids is 2. The first-order chi connectivity index (χ1) is 10.4. The first-order valence-electron chi connectivity index (χ1n) is 7.19. The Morgan fingerprint density at radius 3 is 2.32 bits per heavy atom. The Balaban J connectivity index is 2.10. The summed E-state index contributed by atoms with van der Waals surface area (Å²) >= 11 is 0. The molecule has 1 aromatic rings. The first-order valence-corrected chi connectivity index (χ1v) is 7.19. The van der Waals surface area contributed by atoms with Crippen molar-refractivity contribution < 1.29 is 19.5 Å². The molecule has 1 amide bonds. The maximum Gasteiger partial charge on any atom is 0.307 e. The number of rotatable bonds is 4. The highest BCUT2D eigenvalue weighted by atomic mass is 16.4. The Labute approximate surface area is 129 Å². The van der Waals surface area contributed by atoms with Crippen LogP contribution in [-0.2, 0) is 9.59 Å². The van der Waals surface area contributed by atoms with Crippen molar-refractivity contribution in [3.63, 3.8) is 0 Å². The van der Waals surface area contributed by atoms with E-state index in [-0.39, 0.29) is 11.7 Å². The highest BCUT2D eigenvalue weighted by molar-refractivity contribution is 5.97. The van der Waals surface area contributed by atoms with Crippen LogP contribution in [0.5, 0.6) is 0 Å². The molecule has 116 valence electrons. The summed E-state index contributed by atoms with van der Waals surface area (Å²) in [5.41, 5.74) is 2.13. The molecule has 0 saturated carbocycles. The Morgan fingerprint density at radius 1 is 1.14 bits per heavy atom. The standard InChI is InChI=1S/C17H19NO4/c1-10-3-8-14(15(9-10)17(21)22)16(20)18-13-6-4-12(5-7-13)11(2)19/h3-7,14-15H,8-9H2,1-2H3,(H,18,20)(H,21,22). The number of nitrogens with one attached hydrogen (secondary N) is 1. The van der Waals surface area contributed by atoms with E-state index in [1.165, 1.54) is 6.92 Å². The number of carboxylic acid groups (broad SMARTS) is 1. The van der Waals surface area contributed by atoms with Crippen LogP contribution in [0.25, 0.3) is 0 Å². The molecule has 0 fully saturated rings. The van der Waals surface area contributed by atoms with E-state index in [4.69, 9.17) is 0 Å². The van der Waals surface area contributed by atoms with Gasteiger partial charge in [-0.2, -0.15) is 0 Å². The minimum atomic E-state index is -0.945. The molecule has 0 bridgehead atoms. The first kappa shape index (κ1) is 15.9. The van der Waals surface area contributed by atoms with Gasteiger partial charge in [0.15, 0.2) is 5.78 Å². The van der Waals surface area contributed by atoms with Crippen LogP contribution in [0.15, 0.2) is 35.9 Å². The van der Waals surface area contributed by atoms with Crippen LogP contribution < -0.4 is 5.32 Å². The molecule has 2 rings (SSSR count). The predicted octanol–water partition coefficient (Wildman–Crippen LogP) is 2.88. The summed E-state index contributed by atoms with van der Waals surface area (Å²) in [7, 11) is 0. The number of anilines is 1. The fourth-order valence-corrected chi connectivity index (χ4v) is 2.64. The van der Waals surface area contributed by atoms with Gasteiger partial charge in [0.1, 0.15) is 0 Å². The Bertz CT molecular complexity index is 631. The summed E-state index contributed by atoms with van der Waals surface area (Å²) in [5.74, 6) is -2.56. The van der Waals surface area contributed by atoms with Gasteiger partial charge in [-0.05, 0) is 51.0 Å². The van der Waals surface area contributed by atoms with Crippen LogP contribution in [0.2, 0.25) is 0 Å². The van der Waals surface area contributed by atoms with Crippen LogP contribution >= 0.6 is 0 Å². The number of Topliss-reactive ketones (excluding diaryl/α,β-unsaturated/α-hetero) is 1. The lowest BCUT2D eigenvalue weighted by molar-refractivity contribution is -0.146. The largest absolute Gasteiger partial charge is 0.481 e. The molecule has 5 heteroatoms. The second-order valence-electron chi connectivity index (χ2n) is 5.66. The molecule has 2 atom stereocenters. The third-order valence-corrected chi connectivity index (χ3v) is 3.96. The van der Waals surface area contributed by atoms with Gasteiger partial charge in [-0.1, -0.05) is 11.6 Å². The molecule has 0 aromatic heterocycles. The Hall–Kier alpha value is -2.43. The average Bonchev–Trinajstić information content (AvgIpc) is 2.47. The molecule has 1 aliphatic carbocycles. The van der Waals surface area contributed by atoms with Gasteiger partial charge in [-0.15, -0.1) is 0 Å². The van der Waals surface area contributed by atoms with Crippen molar-refractivity contribution in [2.24, 2.45) is 11.8 Å². The zero-order valence-corrected chi connectivity index (χ0v) is 12.6. The summed E-state index contributed by atoms with van der Waals surface area (Å²) < 4.78 is 0. The maximum atomic E-state index is 12.3. The molecule has 2 unspecified atom stereocenters. The van der Waals surface area contributed by atoms with E-state index < -0.39 is 17.8 Å². The Morgan fingerprint density at radius 2 is 1.77 bits per heavy atom. The van der Waals surface area contributed by atoms with Gasteiger partial charge in [-0.25, -0.2) is 0 Å². The van der Waals surface area contributed by atoms with E-state index in [9.17, 15) is 19.5 Å². The van der Waals surface area contributed by atoms with Crippen molar-refractivity contribution in [1.82, 2.24) is 0 Å². The summed E-state index contributed by atoms with van der Waals surface area (Å²) in [6.07, 6.45) is 2.75. The average molecular weight is 301 g/mol. The lowest BCUT2D eigenvalue weighted by Crippen LogP contribution is -2.35. The quantitative estimate of drug-likeness (QED) is 0.661. The van der Waals surface area contributed by atoms with E-state index in [0.29, 0.717) is 24.1 Å². The van der Waals surface area contributed by atoms with Gasteiger partial charge < -0.3 is 10.4 Å². The zero-order chi connectivity index (χ0) is 16.3. The van der Waals surface area contributed by atoms with Crippen molar-refractivity contribution in [3.05, 3.63) is 41.5 Å². The molecule has 2 N–H and O–H groups in total. The molecule has 0 spiro atoms. The minimum absolute atomic E-state index is 0.0447. The molecule has 22 heavy (non-hydrogen) atoms. The van der Waals surface area contributed by atoms with Crippen LogP contribution in [0.3, 0.4) is 0 Å². The van der Waals surface area contributed by atoms with Crippen LogP contribution in [0, 0.1) is 11.8 Å². The van der Waals surface area contributed by atoms with Crippen LogP contribution in [-0.4, -0.2) is 22.8 Å². The second-order valence-corrected chi connectivity index (χ2v) is 5.66. The van der Waals surface area contributed by atoms with E-state index in [1.807, 2.05) is 13.0 Å². The summed E-state index contributed by atoms with van der Waals surface area (Å²) in [6.45, 7) is 3.35. The van der Waals surface area contributed by atoms with Gasteiger partial charge in [0, 0.05) is 11.3 Å². The molecule has 0 heterocycles. The smallest absolute Gasteiger partial charge is 0.307 e. The molecule has 1 aromatic carbocycles. The number of carbonyl (C=O) groups is 3. The summed E-state index contributed by atoms with van der Waals surface area (Å²) in [4.78, 5) is 34.9. The Kier molecular flexibility index (Phi) is 4.75. The number of allylic oxidation sites excluding steroid dienone is 2. The van der Waals surface area contributed by atoms with Crippen molar-refractivity contribution >= 4 is 23.3 Å². The lowest BCUT2D eigenvalue weighted by Gasteiger charge is -2.26. The summed E-state index contributed by atoms with van der Waals surface area (Å²) in [5, 5.41) is 12.0. The number of hydrogen-bond donors (Lipinski definition) is 2. The SMILES string of the molecule is CC(=O)c1ccc(NC(=O)C2CC=C(C)CC2C(=O)O)cc1. The van der Waals surface area contributed by atoms with E-state index in [0.717, 1.165) is 5.57 Å². The number of ketones is 1. The summed E-state index contributed by atoms with van der Waals surface area (Å²) in [6, 6.07) is 6.57. The normalized spacial score (nSPS) is 20.9. The van der Waals surface area contributed by atoms with Gasteiger partial charge >= 0.3 is 5.97 Å². The number of aliphatic carboxylic acids is 1. The molecular formula is C17H19NO4. The van der Waals surface area contributed by atoms with Crippen LogP contribution in [0.4, 0.5) is 5.69 Å². The third-order valence-electron chi connectivity index (χ3n) is 3.96. The second kappa shape index (κ2) is 6.56. The van der Waals surface area contributed by atoms with Gasteiger partial charge in [0.2, 0.25) is 5.91 Å². The van der Waals surface area contributed by atoms with E-state index >= 15 is 0 Å². The fraction of sp³-hybridized carbons (Fsp3) is 0.353. The minimum Gasteiger partial charge on any atom is -0.481 e. The predicted molar refractivity (Wildman–Crippen MR) is 82.7 cm³/mol. The van der Waals surface area contributed by atoms with Gasteiger partial charge in [-0.3, -0.25) is 14.4 Å². The van der Waals surface area contributed by atoms with Crippen molar-refractivity contribution in [3.8, 4) is 0 Å². The van der Waals surface area contributed by atoms with Gasteiger partial charge in [0.25, 0.3) is 0 Å². The monoisotopic (exact) mass is 301 g/mol. The number of amides is 1. The molecule has 0 radical (unpaired) electrons. The zero-order valence-electron chi connectivity index (χ0n) is 12.6. The van der Waals surface area contributed by atoms with E-state index in [2.05, 4.69) is 5.32 Å². The van der Waals surface area contributed by atoms with Crippen molar-refractivity contribution in [2.75, 3.05) is 5.32 Å². The lowest BCUT2D eigenvalue weighted by atomic mass is 9.79. The maximum absolute atomic E-state index is 12.3. The van der Waals surface area contributed by atoms with Crippen LogP contribution in [0.1, 0.15) is 37.0 Å². The molecule has 1 aliphatic rings. The van der Waals surface area contributed by atoms with E-state index in [1.54, 1.807) is 24.3 Å². The fourth-order valence-electron chi connectivity index (χ4n) is 2.64. The van der Waals surface area contributed by atoms with Crippen molar-refractivity contribution in [2.45, 2.75) is 26.7 Å². The highest BCUT2D eigenvalue weighted by Gasteiger charge is 2.35.